The molecule has 3 rings (SSSR count). The lowest BCUT2D eigenvalue weighted by Crippen LogP contribution is -2.39. The van der Waals surface area contributed by atoms with Crippen molar-refractivity contribution in [2.75, 3.05) is 23.3 Å². The molecule has 0 unspecified atom stereocenters. The maximum absolute atomic E-state index is 11.3. The van der Waals surface area contributed by atoms with E-state index in [-0.39, 0.29) is 5.92 Å². The van der Waals surface area contributed by atoms with Gasteiger partial charge in [-0.2, -0.15) is 0 Å². The number of aliphatic carboxylic acids is 1. The largest absolute Gasteiger partial charge is 0.481 e. The molecule has 1 saturated heterocycles. The van der Waals surface area contributed by atoms with Crippen LogP contribution in [-0.4, -0.2) is 34.1 Å². The Morgan fingerprint density at radius 1 is 1.38 bits per heavy atom. The standard InChI is InChI=1S/C17H19ClN4O2/c1-11-19-15(21-14-6-2-5-13(18)8-14)9-16(20-11)22-7-3-4-12(10-22)17(23)24/h2,5-6,8-9,12H,3-4,7,10H2,1H3,(H,23,24)(H,19,20,21)/t12-/m1/s1. The number of aryl methyl sites for hydroxylation is 1. The third kappa shape index (κ3) is 3.94. The Labute approximate surface area is 145 Å². The second kappa shape index (κ2) is 7.05. The monoisotopic (exact) mass is 346 g/mol. The Morgan fingerprint density at radius 2 is 2.21 bits per heavy atom. The topological polar surface area (TPSA) is 78.4 Å². The summed E-state index contributed by atoms with van der Waals surface area (Å²) in [6, 6.07) is 9.24. The van der Waals surface area contributed by atoms with Crippen LogP contribution >= 0.6 is 11.6 Å². The van der Waals surface area contributed by atoms with Gasteiger partial charge < -0.3 is 15.3 Å². The summed E-state index contributed by atoms with van der Waals surface area (Å²) in [4.78, 5) is 22.1. The molecule has 0 radical (unpaired) electrons. The number of carboxylic acid groups (broad SMARTS) is 1. The minimum atomic E-state index is -0.747. The highest BCUT2D eigenvalue weighted by Gasteiger charge is 2.26. The molecule has 126 valence electrons. The first-order valence-corrected chi connectivity index (χ1v) is 8.25. The highest BCUT2D eigenvalue weighted by Crippen LogP contribution is 2.25. The van der Waals surface area contributed by atoms with Gasteiger partial charge in [0.15, 0.2) is 0 Å². The molecule has 24 heavy (non-hydrogen) atoms. The van der Waals surface area contributed by atoms with Crippen LogP contribution < -0.4 is 10.2 Å². The number of nitrogens with zero attached hydrogens (tertiary/aromatic N) is 3. The van der Waals surface area contributed by atoms with Crippen molar-refractivity contribution in [3.05, 3.63) is 41.2 Å². The van der Waals surface area contributed by atoms with Crippen molar-refractivity contribution in [1.29, 1.82) is 0 Å². The lowest BCUT2D eigenvalue weighted by molar-refractivity contribution is -0.141. The van der Waals surface area contributed by atoms with Crippen molar-refractivity contribution in [1.82, 2.24) is 9.97 Å². The van der Waals surface area contributed by atoms with E-state index in [2.05, 4.69) is 15.3 Å². The summed E-state index contributed by atoms with van der Waals surface area (Å²) in [5, 5.41) is 13.1. The fourth-order valence-electron chi connectivity index (χ4n) is 2.88. The van der Waals surface area contributed by atoms with Crippen LogP contribution in [0.25, 0.3) is 0 Å². The first-order chi connectivity index (χ1) is 11.5. The number of carboxylic acids is 1. The maximum Gasteiger partial charge on any atom is 0.308 e. The van der Waals surface area contributed by atoms with E-state index in [0.29, 0.717) is 29.6 Å². The van der Waals surface area contributed by atoms with E-state index >= 15 is 0 Å². The molecule has 0 saturated carbocycles. The average molecular weight is 347 g/mol. The van der Waals surface area contributed by atoms with Crippen LogP contribution in [0.5, 0.6) is 0 Å². The Morgan fingerprint density at radius 3 is 2.96 bits per heavy atom. The Balaban J connectivity index is 1.82. The van der Waals surface area contributed by atoms with Crippen LogP contribution in [0.15, 0.2) is 30.3 Å². The second-order valence-electron chi connectivity index (χ2n) is 5.92. The molecule has 1 atom stereocenters. The summed E-state index contributed by atoms with van der Waals surface area (Å²) < 4.78 is 0. The molecule has 1 aliphatic heterocycles. The van der Waals surface area contributed by atoms with Crippen molar-refractivity contribution in [2.45, 2.75) is 19.8 Å². The zero-order valence-corrected chi connectivity index (χ0v) is 14.1. The number of halogens is 1. The van der Waals surface area contributed by atoms with Gasteiger partial charge in [0.05, 0.1) is 5.92 Å². The highest BCUT2D eigenvalue weighted by molar-refractivity contribution is 6.30. The predicted molar refractivity (Wildman–Crippen MR) is 94.1 cm³/mol. The third-order valence-electron chi connectivity index (χ3n) is 4.02. The molecule has 0 aliphatic carbocycles. The minimum Gasteiger partial charge on any atom is -0.481 e. The van der Waals surface area contributed by atoms with Crippen molar-refractivity contribution >= 4 is 34.9 Å². The van der Waals surface area contributed by atoms with Crippen LogP contribution in [-0.2, 0) is 4.79 Å². The summed E-state index contributed by atoms with van der Waals surface area (Å²) in [6.07, 6.45) is 1.56. The van der Waals surface area contributed by atoms with Gasteiger partial charge in [0.2, 0.25) is 0 Å². The first-order valence-electron chi connectivity index (χ1n) is 7.87. The molecule has 0 amide bonds. The number of hydrogen-bond donors (Lipinski definition) is 2. The zero-order valence-electron chi connectivity index (χ0n) is 13.4. The molecule has 2 aromatic rings. The number of nitrogens with one attached hydrogen (secondary N) is 1. The van der Waals surface area contributed by atoms with Gasteiger partial charge in [-0.05, 0) is 38.0 Å². The average Bonchev–Trinajstić information content (AvgIpc) is 2.54. The molecule has 2 N–H and O–H groups in total. The van der Waals surface area contributed by atoms with Gasteiger partial charge in [0.25, 0.3) is 0 Å². The molecule has 1 fully saturated rings. The molecule has 0 spiro atoms. The summed E-state index contributed by atoms with van der Waals surface area (Å²) in [5.41, 5.74) is 0.841. The van der Waals surface area contributed by atoms with Crippen molar-refractivity contribution in [2.24, 2.45) is 5.92 Å². The van der Waals surface area contributed by atoms with E-state index in [1.807, 2.05) is 42.2 Å². The lowest BCUT2D eigenvalue weighted by atomic mass is 9.98. The van der Waals surface area contributed by atoms with Gasteiger partial charge in [-0.25, -0.2) is 9.97 Å². The van der Waals surface area contributed by atoms with E-state index in [0.717, 1.165) is 24.5 Å². The van der Waals surface area contributed by atoms with Crippen LogP contribution in [0.3, 0.4) is 0 Å². The Bertz CT molecular complexity index is 753. The molecule has 1 aromatic carbocycles. The van der Waals surface area contributed by atoms with Crippen molar-refractivity contribution in [3.63, 3.8) is 0 Å². The number of hydrogen-bond acceptors (Lipinski definition) is 5. The van der Waals surface area contributed by atoms with Crippen LogP contribution in [0, 0.1) is 12.8 Å². The van der Waals surface area contributed by atoms with Gasteiger partial charge >= 0.3 is 5.97 Å². The summed E-state index contributed by atoms with van der Waals surface area (Å²) in [7, 11) is 0. The van der Waals surface area contributed by atoms with E-state index in [9.17, 15) is 9.90 Å². The molecular weight excluding hydrogens is 328 g/mol. The van der Waals surface area contributed by atoms with Gasteiger partial charge in [0.1, 0.15) is 17.5 Å². The predicted octanol–water partition coefficient (Wildman–Crippen LogP) is 3.48. The highest BCUT2D eigenvalue weighted by atomic mass is 35.5. The number of aromatic nitrogens is 2. The number of benzene rings is 1. The van der Waals surface area contributed by atoms with Crippen LogP contribution in [0.4, 0.5) is 17.3 Å². The van der Waals surface area contributed by atoms with Gasteiger partial charge in [0, 0.05) is 29.9 Å². The van der Waals surface area contributed by atoms with E-state index in [1.165, 1.54) is 0 Å². The van der Waals surface area contributed by atoms with Crippen molar-refractivity contribution in [3.8, 4) is 0 Å². The molecule has 6 nitrogen and oxygen atoms in total. The quantitative estimate of drug-likeness (QED) is 0.882. The fraction of sp³-hybridized carbons (Fsp3) is 0.353. The maximum atomic E-state index is 11.3. The number of piperidine rings is 1. The fourth-order valence-corrected chi connectivity index (χ4v) is 3.07. The molecular formula is C17H19ClN4O2. The molecule has 2 heterocycles. The van der Waals surface area contributed by atoms with Crippen LogP contribution in [0.1, 0.15) is 18.7 Å². The Kier molecular flexibility index (Phi) is 4.85. The normalized spacial score (nSPS) is 17.6. The molecule has 7 heteroatoms. The summed E-state index contributed by atoms with van der Waals surface area (Å²) in [5.74, 6) is 0.950. The first kappa shape index (κ1) is 16.5. The molecule has 1 aliphatic rings. The molecule has 0 bridgehead atoms. The van der Waals surface area contributed by atoms with Gasteiger partial charge in [-0.1, -0.05) is 17.7 Å². The van der Waals surface area contributed by atoms with Gasteiger partial charge in [-0.3, -0.25) is 4.79 Å². The Hall–Kier alpha value is -2.34. The minimum absolute atomic E-state index is 0.349. The number of anilines is 3. The summed E-state index contributed by atoms with van der Waals surface area (Å²) in [6.45, 7) is 3.10. The third-order valence-corrected chi connectivity index (χ3v) is 4.25. The van der Waals surface area contributed by atoms with E-state index in [4.69, 9.17) is 11.6 Å². The van der Waals surface area contributed by atoms with E-state index < -0.39 is 5.97 Å². The van der Waals surface area contributed by atoms with Gasteiger partial charge in [-0.15, -0.1) is 0 Å². The lowest BCUT2D eigenvalue weighted by Gasteiger charge is -2.31. The second-order valence-corrected chi connectivity index (χ2v) is 6.35. The SMILES string of the molecule is Cc1nc(Nc2cccc(Cl)c2)cc(N2CCC[C@@H](C(=O)O)C2)n1. The summed E-state index contributed by atoms with van der Waals surface area (Å²) >= 11 is 6.00. The smallest absolute Gasteiger partial charge is 0.308 e. The number of carbonyl (C=O) groups is 1. The van der Waals surface area contributed by atoms with Crippen molar-refractivity contribution < 1.29 is 9.90 Å². The zero-order chi connectivity index (χ0) is 17.1. The van der Waals surface area contributed by atoms with E-state index in [1.54, 1.807) is 0 Å². The van der Waals surface area contributed by atoms with Crippen LogP contribution in [0.2, 0.25) is 5.02 Å². The molecule has 1 aromatic heterocycles. The number of rotatable bonds is 4.